The predicted octanol–water partition coefficient (Wildman–Crippen LogP) is 14.5. The molecule has 58 heavy (non-hydrogen) atoms. The van der Waals surface area contributed by atoms with Crippen molar-refractivity contribution in [3.05, 3.63) is 235 Å². The van der Waals surface area contributed by atoms with E-state index in [2.05, 4.69) is 223 Å². The highest BCUT2D eigenvalue weighted by Gasteiger charge is 2.32. The molecule has 0 saturated carbocycles. The van der Waals surface area contributed by atoms with Crippen LogP contribution in [0, 0.1) is 0 Å². The van der Waals surface area contributed by atoms with Crippen molar-refractivity contribution < 1.29 is 4.74 Å². The molecule has 2 aliphatic rings. The maximum Gasteiger partial charge on any atom is 0.135 e. The Labute approximate surface area is 339 Å². The number of para-hydroxylation sites is 2. The quantitative estimate of drug-likeness (QED) is 0.148. The van der Waals surface area contributed by atoms with Crippen LogP contribution in [0.25, 0.3) is 78.1 Å². The molecule has 9 aromatic rings. The highest BCUT2D eigenvalue weighted by Crippen LogP contribution is 2.48. The molecule has 0 saturated heterocycles. The Morgan fingerprint density at radius 2 is 1.00 bits per heavy atom. The first-order chi connectivity index (χ1) is 28.7. The van der Waals surface area contributed by atoms with Gasteiger partial charge in [0, 0.05) is 39.6 Å². The van der Waals surface area contributed by atoms with Crippen molar-refractivity contribution in [2.75, 3.05) is 0 Å². The number of aromatic nitrogens is 1. The maximum atomic E-state index is 6.82. The highest BCUT2D eigenvalue weighted by molar-refractivity contribution is 6.09. The molecule has 0 radical (unpaired) electrons. The summed E-state index contributed by atoms with van der Waals surface area (Å²) < 4.78 is 9.23. The Balaban J connectivity index is 1.03. The number of benzene rings is 8. The van der Waals surface area contributed by atoms with Gasteiger partial charge < -0.3 is 9.30 Å². The number of allylic oxidation sites excluding steroid dienone is 2. The third-order valence-corrected chi connectivity index (χ3v) is 11.7. The van der Waals surface area contributed by atoms with Crippen molar-refractivity contribution in [1.82, 2.24) is 4.57 Å². The Morgan fingerprint density at radius 1 is 0.500 bits per heavy atom. The van der Waals surface area contributed by atoms with E-state index in [-0.39, 0.29) is 6.10 Å². The van der Waals surface area contributed by atoms with Gasteiger partial charge >= 0.3 is 0 Å². The lowest BCUT2D eigenvalue weighted by atomic mass is 9.91. The van der Waals surface area contributed by atoms with Gasteiger partial charge in [-0.2, -0.15) is 0 Å². The summed E-state index contributed by atoms with van der Waals surface area (Å²) in [6.45, 7) is 0. The zero-order valence-corrected chi connectivity index (χ0v) is 31.9. The van der Waals surface area contributed by atoms with Gasteiger partial charge in [-0.05, 0) is 80.4 Å². The number of fused-ring (bicyclic) bond motifs is 6. The smallest absolute Gasteiger partial charge is 0.135 e. The van der Waals surface area contributed by atoms with Crippen LogP contribution in [0.2, 0.25) is 0 Å². The van der Waals surface area contributed by atoms with E-state index in [1.165, 1.54) is 66.3 Å². The molecule has 0 spiro atoms. The molecule has 2 nitrogen and oxygen atoms in total. The summed E-state index contributed by atoms with van der Waals surface area (Å²) in [4.78, 5) is 0. The van der Waals surface area contributed by atoms with E-state index in [9.17, 15) is 0 Å². The minimum absolute atomic E-state index is 0.0214. The molecule has 1 aliphatic carbocycles. The van der Waals surface area contributed by atoms with Gasteiger partial charge in [0.1, 0.15) is 11.9 Å². The maximum absolute atomic E-state index is 6.82. The van der Waals surface area contributed by atoms with Crippen molar-refractivity contribution in [2.24, 2.45) is 0 Å². The molecule has 1 aromatic heterocycles. The van der Waals surface area contributed by atoms with Crippen LogP contribution < -0.4 is 4.74 Å². The SMILES string of the molecule is C1=CCC2Oc3c(cc(-n4c5ccccc5c5ccccc54)cc3-c3ccc(/C(=C\c4ccc(-c5ccccc5)cc4)c4ccc(-c5ccccc5)cc4)cc3)C2=C1. The fourth-order valence-corrected chi connectivity index (χ4v) is 8.83. The number of hydrogen-bond acceptors (Lipinski definition) is 1. The van der Waals surface area contributed by atoms with E-state index in [4.69, 9.17) is 4.74 Å². The normalized spacial score (nSPS) is 14.6. The molecular weight excluding hydrogens is 703 g/mol. The molecule has 2 heterocycles. The summed E-state index contributed by atoms with van der Waals surface area (Å²) in [6, 6.07) is 70.2. The van der Waals surface area contributed by atoms with Gasteiger partial charge in [-0.1, -0.05) is 188 Å². The fraction of sp³-hybridized carbons (Fsp3) is 0.0357. The molecule has 0 fully saturated rings. The largest absolute Gasteiger partial charge is 0.484 e. The number of ether oxygens (including phenoxy) is 1. The lowest BCUT2D eigenvalue weighted by molar-refractivity contribution is 0.280. The predicted molar refractivity (Wildman–Crippen MR) is 243 cm³/mol. The summed E-state index contributed by atoms with van der Waals surface area (Å²) in [5.74, 6) is 0.961. The van der Waals surface area contributed by atoms with Crippen molar-refractivity contribution in [3.8, 4) is 44.8 Å². The lowest BCUT2D eigenvalue weighted by Crippen LogP contribution is -2.12. The molecule has 0 N–H and O–H groups in total. The summed E-state index contributed by atoms with van der Waals surface area (Å²) in [5, 5.41) is 2.51. The zero-order valence-electron chi connectivity index (χ0n) is 31.9. The second-order valence-corrected chi connectivity index (χ2v) is 15.2. The second-order valence-electron chi connectivity index (χ2n) is 15.2. The average molecular weight is 742 g/mol. The Hall–Kier alpha value is -7.42. The first-order valence-electron chi connectivity index (χ1n) is 20.1. The molecular formula is C56H39NO. The third kappa shape index (κ3) is 5.98. The Morgan fingerprint density at radius 3 is 1.60 bits per heavy atom. The number of nitrogens with zero attached hydrogens (tertiary/aromatic N) is 1. The monoisotopic (exact) mass is 741 g/mol. The van der Waals surface area contributed by atoms with E-state index < -0.39 is 0 Å². The van der Waals surface area contributed by atoms with Crippen LogP contribution in [0.5, 0.6) is 5.75 Å². The minimum Gasteiger partial charge on any atom is -0.484 e. The van der Waals surface area contributed by atoms with Gasteiger partial charge in [-0.25, -0.2) is 0 Å². The molecule has 1 unspecified atom stereocenters. The zero-order chi connectivity index (χ0) is 38.4. The van der Waals surface area contributed by atoms with E-state index >= 15 is 0 Å². The highest BCUT2D eigenvalue weighted by atomic mass is 16.5. The molecule has 2 heteroatoms. The van der Waals surface area contributed by atoms with Gasteiger partial charge in [-0.15, -0.1) is 0 Å². The number of hydrogen-bond donors (Lipinski definition) is 0. The van der Waals surface area contributed by atoms with Crippen LogP contribution in [-0.4, -0.2) is 10.7 Å². The van der Waals surface area contributed by atoms with Gasteiger partial charge in [0.15, 0.2) is 0 Å². The van der Waals surface area contributed by atoms with Gasteiger partial charge in [0.05, 0.1) is 11.0 Å². The topological polar surface area (TPSA) is 14.2 Å². The van der Waals surface area contributed by atoms with Crippen LogP contribution in [0.4, 0.5) is 0 Å². The Bertz CT molecular complexity index is 3000. The second kappa shape index (κ2) is 14.3. The molecule has 0 amide bonds. The molecule has 274 valence electrons. The van der Waals surface area contributed by atoms with Crippen molar-refractivity contribution >= 4 is 39.0 Å². The molecule has 1 aliphatic heterocycles. The molecule has 11 rings (SSSR count). The van der Waals surface area contributed by atoms with E-state index in [1.807, 2.05) is 0 Å². The summed E-state index contributed by atoms with van der Waals surface area (Å²) >= 11 is 0. The minimum atomic E-state index is 0.0214. The summed E-state index contributed by atoms with van der Waals surface area (Å²) in [7, 11) is 0. The van der Waals surface area contributed by atoms with E-state index in [0.29, 0.717) is 0 Å². The molecule has 8 aromatic carbocycles. The Kier molecular flexibility index (Phi) is 8.33. The molecule has 1 atom stereocenters. The first-order valence-corrected chi connectivity index (χ1v) is 20.1. The number of rotatable bonds is 7. The average Bonchev–Trinajstić information content (AvgIpc) is 3.85. The summed E-state index contributed by atoms with van der Waals surface area (Å²) in [6.07, 6.45) is 9.81. The van der Waals surface area contributed by atoms with E-state index in [0.717, 1.165) is 40.1 Å². The van der Waals surface area contributed by atoms with E-state index in [1.54, 1.807) is 0 Å². The lowest BCUT2D eigenvalue weighted by Gasteiger charge is -2.16. The van der Waals surface area contributed by atoms with Crippen LogP contribution in [-0.2, 0) is 0 Å². The fourth-order valence-electron chi connectivity index (χ4n) is 8.83. The van der Waals surface area contributed by atoms with Crippen LogP contribution in [0.3, 0.4) is 0 Å². The van der Waals surface area contributed by atoms with Crippen LogP contribution in [0.1, 0.15) is 28.7 Å². The first kappa shape index (κ1) is 33.9. The standard InChI is InChI=1S/C56H39NO/c1-3-13-39(14-4-1)41-25-23-38(24-26-41)35-50(43-29-27-42(28-30-43)40-15-5-2-6-16-40)44-31-33-45(34-32-44)51-36-46(37-52-49-19-9-12-22-55(49)58-56(51)52)57-53-20-10-7-17-47(53)48-18-8-11-21-54(48)57/h1-21,23-37,55H,22H2/b50-35-. The van der Waals surface area contributed by atoms with Crippen molar-refractivity contribution in [2.45, 2.75) is 12.5 Å². The van der Waals surface area contributed by atoms with Gasteiger partial charge in [0.2, 0.25) is 0 Å². The van der Waals surface area contributed by atoms with Crippen molar-refractivity contribution in [3.63, 3.8) is 0 Å². The van der Waals surface area contributed by atoms with Crippen LogP contribution in [0.15, 0.2) is 212 Å². The van der Waals surface area contributed by atoms with Crippen LogP contribution >= 0.6 is 0 Å². The van der Waals surface area contributed by atoms with Gasteiger partial charge in [-0.3, -0.25) is 0 Å². The summed E-state index contributed by atoms with van der Waals surface area (Å²) in [5.41, 5.74) is 17.7. The third-order valence-electron chi connectivity index (χ3n) is 11.7. The van der Waals surface area contributed by atoms with Crippen molar-refractivity contribution in [1.29, 1.82) is 0 Å². The molecule has 0 bridgehead atoms. The van der Waals surface area contributed by atoms with Gasteiger partial charge in [0.25, 0.3) is 0 Å².